The van der Waals surface area contributed by atoms with E-state index in [9.17, 15) is 9.59 Å². The topological polar surface area (TPSA) is 103 Å². The molecule has 33 heavy (non-hydrogen) atoms. The number of carbonyl (C=O) groups excluding carboxylic acids is 2. The summed E-state index contributed by atoms with van der Waals surface area (Å²) in [5.74, 6) is -0.479. The van der Waals surface area contributed by atoms with Gasteiger partial charge in [-0.1, -0.05) is 41.4 Å². The monoisotopic (exact) mass is 490 g/mol. The number of aliphatic imine (C=N–C) groups is 1. The van der Waals surface area contributed by atoms with E-state index in [1.165, 1.54) is 0 Å². The summed E-state index contributed by atoms with van der Waals surface area (Å²) in [5.41, 5.74) is 8.05. The number of likely N-dealkylation sites (N-methyl/N-ethyl adjacent to an activating group) is 1. The van der Waals surface area contributed by atoms with Crippen LogP contribution in [0.2, 0.25) is 10.0 Å². The number of anilines is 2. The number of hydrogen-bond acceptors (Lipinski definition) is 4. The highest BCUT2D eigenvalue weighted by Gasteiger charge is 2.30. The van der Waals surface area contributed by atoms with Crippen LogP contribution >= 0.6 is 23.2 Å². The lowest BCUT2D eigenvalue weighted by atomic mass is 10.2. The molecule has 1 atom stereocenters. The number of benzene rings is 2. The van der Waals surface area contributed by atoms with Crippen molar-refractivity contribution >= 4 is 52.4 Å². The number of nitrogens with two attached hydrogens (primary N) is 1. The number of guanidine groups is 1. The second kappa shape index (κ2) is 11.4. The van der Waals surface area contributed by atoms with Crippen LogP contribution in [-0.4, -0.2) is 55.9 Å². The Balaban J connectivity index is 1.61. The fourth-order valence-electron chi connectivity index (χ4n) is 3.69. The molecule has 2 aromatic rings. The molecule has 10 heteroatoms. The predicted octanol–water partition coefficient (Wildman–Crippen LogP) is 3.09. The Hall–Kier alpha value is -2.81. The molecule has 1 fully saturated rings. The van der Waals surface area contributed by atoms with Crippen LogP contribution < -0.4 is 21.3 Å². The number of amides is 2. The first-order valence-corrected chi connectivity index (χ1v) is 11.4. The number of carbonyl (C=O) groups is 2. The van der Waals surface area contributed by atoms with E-state index in [0.717, 1.165) is 30.6 Å². The van der Waals surface area contributed by atoms with Crippen LogP contribution in [-0.2, 0) is 16.1 Å². The highest BCUT2D eigenvalue weighted by molar-refractivity contribution is 6.39. The van der Waals surface area contributed by atoms with Gasteiger partial charge in [-0.15, -0.1) is 0 Å². The minimum Gasteiger partial charge on any atom is -0.370 e. The fourth-order valence-corrected chi connectivity index (χ4v) is 4.32. The highest BCUT2D eigenvalue weighted by Crippen LogP contribution is 2.32. The van der Waals surface area contributed by atoms with Crippen LogP contribution in [0.15, 0.2) is 47.5 Å². The summed E-state index contributed by atoms with van der Waals surface area (Å²) >= 11 is 12.6. The minimum atomic E-state index is -0.332. The normalized spacial score (nSPS) is 16.2. The number of rotatable bonds is 7. The second-order valence-corrected chi connectivity index (χ2v) is 8.91. The molecule has 0 radical (unpaired) electrons. The van der Waals surface area contributed by atoms with E-state index in [0.29, 0.717) is 15.7 Å². The first-order chi connectivity index (χ1) is 15.7. The van der Waals surface area contributed by atoms with E-state index in [1.807, 2.05) is 30.3 Å². The average molecular weight is 491 g/mol. The van der Waals surface area contributed by atoms with E-state index in [2.05, 4.69) is 20.5 Å². The molecule has 0 spiro atoms. The molecule has 2 amide bonds. The molecule has 0 unspecified atom stereocenters. The number of halogens is 2. The van der Waals surface area contributed by atoms with Crippen molar-refractivity contribution in [1.82, 2.24) is 10.2 Å². The number of hydrogen-bond donors (Lipinski definition) is 3. The van der Waals surface area contributed by atoms with Gasteiger partial charge in [0, 0.05) is 18.8 Å². The summed E-state index contributed by atoms with van der Waals surface area (Å²) in [4.78, 5) is 32.6. The van der Waals surface area contributed by atoms with Gasteiger partial charge < -0.3 is 26.2 Å². The van der Waals surface area contributed by atoms with Crippen molar-refractivity contribution in [1.29, 1.82) is 0 Å². The van der Waals surface area contributed by atoms with Crippen molar-refractivity contribution in [3.05, 3.63) is 58.1 Å². The van der Waals surface area contributed by atoms with Crippen molar-refractivity contribution in [3.8, 4) is 0 Å². The molecular weight excluding hydrogens is 463 g/mol. The Morgan fingerprint density at radius 2 is 1.85 bits per heavy atom. The van der Waals surface area contributed by atoms with Gasteiger partial charge in [0.05, 0.1) is 22.3 Å². The van der Waals surface area contributed by atoms with Crippen LogP contribution in [0.3, 0.4) is 0 Å². The standard InChI is InChI=1S/C23H28Cl2N6O2/c1-30(2)14-20(32)28-21-17(24)11-15(12-18(21)25)13-27-23(26)29-22(33)19-9-6-10-31(19)16-7-4-3-5-8-16/h3-5,7-8,11-12,19H,6,9-10,13-14H2,1-2H3,(H,28,32)(H3,26,27,29,33)/t19-/m0/s1. The molecule has 1 aliphatic heterocycles. The minimum absolute atomic E-state index is 0.0236. The van der Waals surface area contributed by atoms with Crippen LogP contribution in [0.5, 0.6) is 0 Å². The molecule has 3 rings (SSSR count). The van der Waals surface area contributed by atoms with Gasteiger partial charge in [-0.2, -0.15) is 4.99 Å². The third kappa shape index (κ3) is 6.83. The highest BCUT2D eigenvalue weighted by atomic mass is 35.5. The van der Waals surface area contributed by atoms with Gasteiger partial charge in [-0.05, 0) is 56.8 Å². The Labute approximate surface area is 203 Å². The summed E-state index contributed by atoms with van der Waals surface area (Å²) in [5, 5.41) is 6.26. The van der Waals surface area contributed by atoms with E-state index in [-0.39, 0.29) is 36.9 Å². The smallest absolute Gasteiger partial charge is 0.271 e. The van der Waals surface area contributed by atoms with Crippen LogP contribution in [0.25, 0.3) is 0 Å². The zero-order chi connectivity index (χ0) is 24.0. The van der Waals surface area contributed by atoms with Crippen molar-refractivity contribution in [2.45, 2.75) is 25.4 Å². The molecule has 1 saturated heterocycles. The Bertz CT molecular complexity index is 1010. The van der Waals surface area contributed by atoms with Gasteiger partial charge in [0.2, 0.25) is 5.91 Å². The molecule has 4 N–H and O–H groups in total. The van der Waals surface area contributed by atoms with E-state index >= 15 is 0 Å². The van der Waals surface area contributed by atoms with Crippen LogP contribution in [0.4, 0.5) is 11.4 Å². The molecule has 0 aliphatic carbocycles. The zero-order valence-corrected chi connectivity index (χ0v) is 20.2. The molecule has 1 aliphatic rings. The molecule has 8 nitrogen and oxygen atoms in total. The third-order valence-electron chi connectivity index (χ3n) is 5.16. The third-order valence-corrected chi connectivity index (χ3v) is 5.75. The van der Waals surface area contributed by atoms with E-state index in [4.69, 9.17) is 28.9 Å². The average Bonchev–Trinajstić information content (AvgIpc) is 3.25. The largest absolute Gasteiger partial charge is 0.370 e. The van der Waals surface area contributed by atoms with E-state index in [1.54, 1.807) is 31.1 Å². The maximum absolute atomic E-state index is 12.7. The van der Waals surface area contributed by atoms with Gasteiger partial charge in [0.25, 0.3) is 5.91 Å². The molecule has 0 saturated carbocycles. The van der Waals surface area contributed by atoms with Gasteiger partial charge in [0.1, 0.15) is 6.04 Å². The predicted molar refractivity (Wildman–Crippen MR) is 134 cm³/mol. The first kappa shape index (κ1) is 24.8. The van der Waals surface area contributed by atoms with Crippen molar-refractivity contribution in [2.75, 3.05) is 37.4 Å². The molecule has 2 aromatic carbocycles. The molecule has 176 valence electrons. The van der Waals surface area contributed by atoms with Gasteiger partial charge >= 0.3 is 0 Å². The zero-order valence-electron chi connectivity index (χ0n) is 18.6. The summed E-state index contributed by atoms with van der Waals surface area (Å²) < 4.78 is 0. The fraction of sp³-hybridized carbons (Fsp3) is 0.348. The number of nitrogens with zero attached hydrogens (tertiary/aromatic N) is 3. The maximum Gasteiger partial charge on any atom is 0.271 e. The lowest BCUT2D eigenvalue weighted by Gasteiger charge is -2.24. The Kier molecular flexibility index (Phi) is 8.55. The molecule has 1 heterocycles. The maximum atomic E-state index is 12.7. The molecule has 0 aromatic heterocycles. The van der Waals surface area contributed by atoms with Crippen molar-refractivity contribution in [3.63, 3.8) is 0 Å². The number of nitrogens with one attached hydrogen (secondary N) is 2. The van der Waals surface area contributed by atoms with Gasteiger partial charge in [0.15, 0.2) is 5.96 Å². The lowest BCUT2D eigenvalue weighted by molar-refractivity contribution is -0.119. The Morgan fingerprint density at radius 3 is 2.48 bits per heavy atom. The first-order valence-electron chi connectivity index (χ1n) is 10.6. The summed E-state index contributed by atoms with van der Waals surface area (Å²) in [6.45, 7) is 1.28. The summed E-state index contributed by atoms with van der Waals surface area (Å²) in [6.07, 6.45) is 1.65. The van der Waals surface area contributed by atoms with Gasteiger partial charge in [-0.3, -0.25) is 9.59 Å². The Morgan fingerprint density at radius 1 is 1.18 bits per heavy atom. The SMILES string of the molecule is CN(C)CC(=O)Nc1c(Cl)cc(CN/C(N)=N/C(=O)[C@@H]2CCCN2c2ccccc2)cc1Cl. The van der Waals surface area contributed by atoms with Crippen molar-refractivity contribution < 1.29 is 9.59 Å². The summed E-state index contributed by atoms with van der Waals surface area (Å²) in [7, 11) is 3.58. The lowest BCUT2D eigenvalue weighted by Crippen LogP contribution is -2.38. The van der Waals surface area contributed by atoms with Gasteiger partial charge in [-0.25, -0.2) is 0 Å². The van der Waals surface area contributed by atoms with E-state index < -0.39 is 0 Å². The van der Waals surface area contributed by atoms with Crippen LogP contribution in [0.1, 0.15) is 18.4 Å². The number of para-hydroxylation sites is 1. The summed E-state index contributed by atoms with van der Waals surface area (Å²) in [6, 6.07) is 12.8. The molecule has 0 bridgehead atoms. The van der Waals surface area contributed by atoms with Crippen molar-refractivity contribution in [2.24, 2.45) is 10.7 Å². The molecular formula is C23H28Cl2N6O2. The van der Waals surface area contributed by atoms with Crippen LogP contribution in [0, 0.1) is 0 Å². The quantitative estimate of drug-likeness (QED) is 0.407. The second-order valence-electron chi connectivity index (χ2n) is 8.10.